The molecule has 0 saturated heterocycles. The maximum atomic E-state index is 2.32. The first-order valence-electron chi connectivity index (χ1n) is 57.5. The summed E-state index contributed by atoms with van der Waals surface area (Å²) in [6, 6.07) is 0. The average molecular weight is 1740 g/mol. The lowest BCUT2D eigenvalue weighted by Gasteiger charge is -2.38. The van der Waals surface area contributed by atoms with Crippen molar-refractivity contribution in [1.82, 2.24) is 0 Å². The minimum atomic E-state index is 0. The summed E-state index contributed by atoms with van der Waals surface area (Å²) < 4.78 is 0. The summed E-state index contributed by atoms with van der Waals surface area (Å²) in [6.45, 7) is 37.9. The van der Waals surface area contributed by atoms with E-state index < -0.39 is 0 Å². The van der Waals surface area contributed by atoms with Gasteiger partial charge in [0.25, 0.3) is 0 Å². The summed E-state index contributed by atoms with van der Waals surface area (Å²) in [6.07, 6.45) is 142. The molecule has 0 atom stereocenters. The summed E-state index contributed by atoms with van der Waals surface area (Å²) in [5.41, 5.74) is 2.28. The standard InChI is InChI=1S/C38H76.C36H72.C30H60.6C2H6.6CH4/c1-3-5-7-9-11-13-15-17-19-21-23-25-27-30-34-38(36-32-29-33-37-38)35-31-28-26-24-22-20-18-16-14-12-10-8-6-4-2;1-3-5-7-9-11-13-15-17-19-21-23-25-28-32-36(34-30-27-31-35-36)33-29-26-24-22-20-18-16-14-12-10-8-6-4-2;1-3-5-7-9-11-13-15-17-19-22-26-30(28-24-21-25-29-30)27-23-20-18-16-14-12-10-8-6-4-2;6*1-2;;;;;;/h3-37H2,1-2H3;3-35H2,1-2H3;3-29H2,1-2H3;6*1-2H3;6*1H4. The molecule has 0 bridgehead atoms. The topological polar surface area (TPSA) is 0 Å². The minimum Gasteiger partial charge on any atom is -0.0776 e. The third-order valence-electron chi connectivity index (χ3n) is 27.6. The van der Waals surface area contributed by atoms with E-state index in [-0.39, 0.29) is 44.6 Å². The first-order chi connectivity index (χ1) is 57.5. The van der Waals surface area contributed by atoms with Crippen LogP contribution < -0.4 is 0 Å². The van der Waals surface area contributed by atoms with Crippen LogP contribution in [0.15, 0.2) is 0 Å². The highest BCUT2D eigenvalue weighted by molar-refractivity contribution is 4.86. The molecule has 0 N–H and O–H groups in total. The first kappa shape index (κ1) is 148. The van der Waals surface area contributed by atoms with Crippen LogP contribution in [-0.2, 0) is 0 Å². The van der Waals surface area contributed by atoms with Crippen molar-refractivity contribution < 1.29 is 0 Å². The van der Waals surface area contributed by atoms with Gasteiger partial charge in [-0.3, -0.25) is 0 Å². The normalized spacial score (nSPS) is 13.6. The molecule has 3 saturated carbocycles. The predicted molar refractivity (Wildman–Crippen MR) is 588 cm³/mol. The third-order valence-corrected chi connectivity index (χ3v) is 27.6. The molecular formula is C122H268. The highest BCUT2D eigenvalue weighted by atomic mass is 14.4. The van der Waals surface area contributed by atoms with Gasteiger partial charge in [-0.2, -0.15) is 0 Å². The van der Waals surface area contributed by atoms with Crippen LogP contribution in [0.4, 0.5) is 0 Å². The van der Waals surface area contributed by atoms with Crippen LogP contribution in [0.2, 0.25) is 0 Å². The Kier molecular flexibility index (Phi) is 165. The van der Waals surface area contributed by atoms with Crippen molar-refractivity contribution in [3.63, 3.8) is 0 Å². The molecule has 0 aromatic rings. The molecule has 0 aromatic heterocycles. The van der Waals surface area contributed by atoms with E-state index in [9.17, 15) is 0 Å². The van der Waals surface area contributed by atoms with E-state index in [1.807, 2.05) is 83.1 Å². The maximum Gasteiger partial charge on any atom is -0.0297 e. The zero-order chi connectivity index (χ0) is 86.7. The van der Waals surface area contributed by atoms with Crippen LogP contribution in [0.1, 0.15) is 779 Å². The van der Waals surface area contributed by atoms with Gasteiger partial charge in [0, 0.05) is 0 Å². The van der Waals surface area contributed by atoms with Gasteiger partial charge in [-0.15, -0.1) is 0 Å². The van der Waals surface area contributed by atoms with Crippen LogP contribution in [-0.4, -0.2) is 0 Å². The van der Waals surface area contributed by atoms with Gasteiger partial charge in [0.2, 0.25) is 0 Å². The van der Waals surface area contributed by atoms with Crippen molar-refractivity contribution in [1.29, 1.82) is 0 Å². The molecule has 0 heteroatoms. The van der Waals surface area contributed by atoms with Crippen molar-refractivity contribution in [2.45, 2.75) is 779 Å². The molecule has 756 valence electrons. The largest absolute Gasteiger partial charge is 0.0776 e. The van der Waals surface area contributed by atoms with E-state index in [1.54, 1.807) is 77.0 Å². The fourth-order valence-corrected chi connectivity index (χ4v) is 20.2. The lowest BCUT2D eigenvalue weighted by Crippen LogP contribution is -2.24. The second-order valence-corrected chi connectivity index (χ2v) is 37.7. The summed E-state index contributed by atoms with van der Waals surface area (Å²) >= 11 is 0. The minimum absolute atomic E-state index is 0. The average Bonchev–Trinajstić information content (AvgIpc) is 0.869. The third kappa shape index (κ3) is 114. The van der Waals surface area contributed by atoms with E-state index in [0.29, 0.717) is 0 Å². The predicted octanol–water partition coefficient (Wildman–Crippen LogP) is 50.1. The number of unbranched alkanes of at least 4 members (excludes halogenated alkanes) is 68. The molecule has 122 heavy (non-hydrogen) atoms. The van der Waals surface area contributed by atoms with E-state index in [0.717, 1.165) is 16.2 Å². The molecule has 0 spiro atoms. The van der Waals surface area contributed by atoms with Crippen molar-refractivity contribution in [2.24, 2.45) is 16.2 Å². The van der Waals surface area contributed by atoms with Gasteiger partial charge in [0.05, 0.1) is 0 Å². The van der Waals surface area contributed by atoms with Gasteiger partial charge in [-0.25, -0.2) is 0 Å². The van der Waals surface area contributed by atoms with Gasteiger partial charge >= 0.3 is 0 Å². The fraction of sp³-hybridized carbons (Fsp3) is 1.00. The van der Waals surface area contributed by atoms with E-state index >= 15 is 0 Å². The second-order valence-electron chi connectivity index (χ2n) is 37.7. The van der Waals surface area contributed by atoms with Crippen LogP contribution >= 0.6 is 0 Å². The second kappa shape index (κ2) is 136. The van der Waals surface area contributed by atoms with Crippen molar-refractivity contribution in [3.05, 3.63) is 0 Å². The van der Waals surface area contributed by atoms with Crippen molar-refractivity contribution in [2.75, 3.05) is 0 Å². The zero-order valence-corrected chi connectivity index (χ0v) is 86.7. The van der Waals surface area contributed by atoms with Crippen LogP contribution in [0.5, 0.6) is 0 Å². The summed E-state index contributed by atoms with van der Waals surface area (Å²) in [7, 11) is 0. The molecular weight excluding hydrogens is 1470 g/mol. The summed E-state index contributed by atoms with van der Waals surface area (Å²) in [5, 5.41) is 0. The molecule has 0 radical (unpaired) electrons. The number of rotatable bonds is 80. The van der Waals surface area contributed by atoms with E-state index in [4.69, 9.17) is 0 Å². The highest BCUT2D eigenvalue weighted by Gasteiger charge is 2.33. The van der Waals surface area contributed by atoms with Gasteiger partial charge in [-0.1, -0.05) is 702 Å². The monoisotopic (exact) mass is 1730 g/mol. The fourth-order valence-electron chi connectivity index (χ4n) is 20.2. The Labute approximate surface area is 790 Å². The molecule has 0 amide bonds. The SMILES string of the molecule is C.C.C.C.C.C.CC.CC.CC.CC.CC.CC.CCCCCCCCCCCCC1(CCCCCCCCCCCC)CCCCC1.CCCCCCCCCCCCCCCC1(CCCCCCCCCCCCCCC)CCCCC1.CCCCCCCCCCCCCCCCC1(CCCCCCCCCCCCCCCC)CCCCC1. The lowest BCUT2D eigenvalue weighted by atomic mass is 9.68. The van der Waals surface area contributed by atoms with Crippen LogP contribution in [0.25, 0.3) is 0 Å². The Morgan fingerprint density at radius 3 is 0.262 bits per heavy atom. The zero-order valence-electron chi connectivity index (χ0n) is 86.7. The van der Waals surface area contributed by atoms with Crippen molar-refractivity contribution in [3.8, 4) is 0 Å². The van der Waals surface area contributed by atoms with Gasteiger partial charge in [0.15, 0.2) is 0 Å². The molecule has 3 fully saturated rings. The molecule has 3 rings (SSSR count). The Morgan fingerprint density at radius 2 is 0.180 bits per heavy atom. The van der Waals surface area contributed by atoms with Gasteiger partial charge < -0.3 is 0 Å². The van der Waals surface area contributed by atoms with Crippen LogP contribution in [0.3, 0.4) is 0 Å². The Hall–Kier alpha value is 0. The Bertz CT molecular complexity index is 1430. The summed E-state index contributed by atoms with van der Waals surface area (Å²) in [5.74, 6) is 0. The van der Waals surface area contributed by atoms with Crippen LogP contribution in [0, 0.1) is 16.2 Å². The quantitative estimate of drug-likeness (QED) is 0.0533. The van der Waals surface area contributed by atoms with Gasteiger partial charge in [-0.05, 0) is 93.3 Å². The Morgan fingerprint density at radius 1 is 0.107 bits per heavy atom. The lowest BCUT2D eigenvalue weighted by molar-refractivity contribution is 0.146. The Balaban J connectivity index is -0.000000137. The molecule has 0 nitrogen and oxygen atoms in total. The van der Waals surface area contributed by atoms with E-state index in [2.05, 4.69) is 41.5 Å². The molecule has 3 aliphatic carbocycles. The molecule has 0 aliphatic heterocycles. The van der Waals surface area contributed by atoms with E-state index in [1.165, 1.54) is 533 Å². The molecule has 0 unspecified atom stereocenters. The number of hydrogen-bond acceptors (Lipinski definition) is 0. The molecule has 0 aromatic carbocycles. The maximum absolute atomic E-state index is 2.32. The molecule has 3 aliphatic rings. The highest BCUT2D eigenvalue weighted by Crippen LogP contribution is 2.48. The van der Waals surface area contributed by atoms with Gasteiger partial charge in [0.1, 0.15) is 0 Å². The number of hydrogen-bond donors (Lipinski definition) is 0. The first-order valence-corrected chi connectivity index (χ1v) is 57.5. The van der Waals surface area contributed by atoms with Crippen molar-refractivity contribution >= 4 is 0 Å². The molecule has 0 heterocycles. The summed E-state index contributed by atoms with van der Waals surface area (Å²) in [4.78, 5) is 0. The smallest absolute Gasteiger partial charge is 0.0297 e.